The molecule has 1 amide bonds. The van der Waals surface area contributed by atoms with Crippen LogP contribution in [0.3, 0.4) is 0 Å². The van der Waals surface area contributed by atoms with Crippen LogP contribution in [0.4, 0.5) is 11.7 Å². The number of hydrogen-bond acceptors (Lipinski definition) is 7. The van der Waals surface area contributed by atoms with Crippen LogP contribution < -0.4 is 21.1 Å². The van der Waals surface area contributed by atoms with Crippen LogP contribution in [0.25, 0.3) is 33.5 Å². The Balaban J connectivity index is 1.52. The summed E-state index contributed by atoms with van der Waals surface area (Å²) in [6, 6.07) is 9.65. The van der Waals surface area contributed by atoms with Crippen LogP contribution in [0.2, 0.25) is 0 Å². The third-order valence-corrected chi connectivity index (χ3v) is 6.56. The van der Waals surface area contributed by atoms with Gasteiger partial charge in [-0.25, -0.2) is 4.98 Å². The van der Waals surface area contributed by atoms with Gasteiger partial charge < -0.3 is 30.1 Å². The summed E-state index contributed by atoms with van der Waals surface area (Å²) in [6.07, 6.45) is 1.79. The average molecular weight is 432 g/mol. The molecule has 32 heavy (non-hydrogen) atoms. The number of benzene rings is 2. The van der Waals surface area contributed by atoms with Gasteiger partial charge in [0.25, 0.3) is 6.01 Å². The van der Waals surface area contributed by atoms with Gasteiger partial charge in [0.1, 0.15) is 28.6 Å². The van der Waals surface area contributed by atoms with Gasteiger partial charge in [0.15, 0.2) is 5.58 Å². The molecule has 164 valence electrons. The maximum Gasteiger partial charge on any atom is 0.292 e. The number of aromatic nitrogens is 3. The molecule has 2 aliphatic rings. The van der Waals surface area contributed by atoms with Crippen LogP contribution in [0.5, 0.6) is 5.75 Å². The number of carbonyl (C=O) groups is 1. The molecule has 2 aromatic heterocycles. The van der Waals surface area contributed by atoms with Crippen molar-refractivity contribution in [3.05, 3.63) is 30.3 Å². The van der Waals surface area contributed by atoms with E-state index in [1.54, 1.807) is 0 Å². The molecule has 2 aliphatic heterocycles. The number of aryl methyl sites for hydroxylation is 1. The number of ether oxygens (including phenoxy) is 1. The first-order chi connectivity index (χ1) is 15.5. The molecule has 2 atom stereocenters. The number of amides is 1. The zero-order valence-electron chi connectivity index (χ0n) is 17.7. The van der Waals surface area contributed by atoms with Crippen molar-refractivity contribution in [1.29, 1.82) is 0 Å². The van der Waals surface area contributed by atoms with Crippen LogP contribution in [-0.4, -0.2) is 39.6 Å². The largest absolute Gasteiger partial charge is 0.491 e. The Kier molecular flexibility index (Phi) is 4.08. The van der Waals surface area contributed by atoms with Crippen LogP contribution >= 0.6 is 0 Å². The van der Waals surface area contributed by atoms with Gasteiger partial charge in [-0.2, -0.15) is 4.98 Å². The Morgan fingerprint density at radius 2 is 2.03 bits per heavy atom. The lowest BCUT2D eigenvalue weighted by atomic mass is 10.0. The second-order valence-corrected chi connectivity index (χ2v) is 8.64. The fraction of sp³-hybridized carbons (Fsp3) is 0.348. The highest BCUT2D eigenvalue weighted by molar-refractivity contribution is 5.92. The molecule has 4 aromatic rings. The second kappa shape index (κ2) is 6.88. The lowest BCUT2D eigenvalue weighted by Crippen LogP contribution is -2.43. The van der Waals surface area contributed by atoms with Gasteiger partial charge in [-0.15, -0.1) is 0 Å². The van der Waals surface area contributed by atoms with Crippen molar-refractivity contribution in [2.45, 2.75) is 32.4 Å². The first kappa shape index (κ1) is 19.0. The van der Waals surface area contributed by atoms with Crippen LogP contribution in [0, 0.1) is 5.92 Å². The minimum atomic E-state index is -0.327. The SMILES string of the molecule is C[C@H]1CCN(c2cc3c4c(c2)nc(-c2ccc5oc(N)nc5c2)n4CCCO3)[C@@H]1C(N)=O. The van der Waals surface area contributed by atoms with E-state index in [1.165, 1.54) is 0 Å². The third-order valence-electron chi connectivity index (χ3n) is 6.56. The van der Waals surface area contributed by atoms with Gasteiger partial charge in [0, 0.05) is 30.4 Å². The van der Waals surface area contributed by atoms with Crippen molar-refractivity contribution >= 4 is 39.7 Å². The number of nitrogens with zero attached hydrogens (tertiary/aromatic N) is 4. The van der Waals surface area contributed by atoms with Crippen LogP contribution in [0.1, 0.15) is 19.8 Å². The van der Waals surface area contributed by atoms with E-state index in [2.05, 4.69) is 21.4 Å². The molecule has 2 aromatic carbocycles. The maximum absolute atomic E-state index is 12.1. The molecule has 4 heterocycles. The Hall–Kier alpha value is -3.75. The zero-order valence-corrected chi connectivity index (χ0v) is 17.7. The topological polar surface area (TPSA) is 125 Å². The molecule has 0 aliphatic carbocycles. The molecule has 0 spiro atoms. The summed E-state index contributed by atoms with van der Waals surface area (Å²) in [7, 11) is 0. The first-order valence-corrected chi connectivity index (χ1v) is 10.9. The summed E-state index contributed by atoms with van der Waals surface area (Å²) in [4.78, 5) is 23.5. The number of anilines is 2. The predicted octanol–water partition coefficient (Wildman–Crippen LogP) is 2.91. The predicted molar refractivity (Wildman–Crippen MR) is 121 cm³/mol. The fourth-order valence-electron chi connectivity index (χ4n) is 5.09. The first-order valence-electron chi connectivity index (χ1n) is 10.9. The van der Waals surface area contributed by atoms with E-state index < -0.39 is 0 Å². The smallest absolute Gasteiger partial charge is 0.292 e. The molecular weight excluding hydrogens is 408 g/mol. The second-order valence-electron chi connectivity index (χ2n) is 8.64. The number of oxazole rings is 1. The van der Waals surface area contributed by atoms with Crippen LogP contribution in [0.15, 0.2) is 34.7 Å². The number of imidazole rings is 1. The van der Waals surface area contributed by atoms with Crippen molar-refractivity contribution < 1.29 is 13.9 Å². The summed E-state index contributed by atoms with van der Waals surface area (Å²) >= 11 is 0. The zero-order chi connectivity index (χ0) is 22.0. The van der Waals surface area contributed by atoms with Gasteiger partial charge in [-0.1, -0.05) is 6.92 Å². The minimum Gasteiger partial charge on any atom is -0.491 e. The highest BCUT2D eigenvalue weighted by atomic mass is 16.5. The van der Waals surface area contributed by atoms with Gasteiger partial charge in [-0.05, 0) is 43.0 Å². The molecule has 9 heteroatoms. The number of fused-ring (bicyclic) bond motifs is 1. The number of primary amides is 1. The number of hydrogen-bond donors (Lipinski definition) is 2. The van der Waals surface area contributed by atoms with Crippen molar-refractivity contribution in [2.75, 3.05) is 23.8 Å². The Morgan fingerprint density at radius 1 is 1.16 bits per heavy atom. The van der Waals surface area contributed by atoms with Crippen molar-refractivity contribution in [3.8, 4) is 17.1 Å². The molecule has 9 nitrogen and oxygen atoms in total. The Bertz CT molecular complexity index is 1370. The maximum atomic E-state index is 12.1. The summed E-state index contributed by atoms with van der Waals surface area (Å²) in [5.74, 6) is 1.53. The molecule has 0 saturated carbocycles. The van der Waals surface area contributed by atoms with E-state index in [0.29, 0.717) is 17.7 Å². The standard InChI is InChI=1S/C23H24N6O3/c1-12-5-7-28(19(12)21(24)30)14-10-16-20-18(11-14)31-8-2-6-29(20)22(26-16)13-3-4-17-15(9-13)27-23(25)32-17/h3-4,9-12,19H,2,5-8H2,1H3,(H2,24,30)(H2,25,27)/t12-,19-/m0/s1. The highest BCUT2D eigenvalue weighted by Crippen LogP contribution is 2.39. The van der Waals surface area contributed by atoms with Gasteiger partial charge in [-0.3, -0.25) is 4.79 Å². The Morgan fingerprint density at radius 3 is 2.88 bits per heavy atom. The average Bonchev–Trinajstić information content (AvgIpc) is 3.39. The molecular formula is C23H24N6O3. The minimum absolute atomic E-state index is 0.146. The van der Waals surface area contributed by atoms with Crippen LogP contribution in [-0.2, 0) is 11.3 Å². The highest BCUT2D eigenvalue weighted by Gasteiger charge is 2.36. The molecule has 0 bridgehead atoms. The van der Waals surface area contributed by atoms with E-state index in [1.807, 2.05) is 30.3 Å². The molecule has 0 radical (unpaired) electrons. The number of rotatable bonds is 3. The summed E-state index contributed by atoms with van der Waals surface area (Å²) < 4.78 is 13.7. The van der Waals surface area contributed by atoms with E-state index in [0.717, 1.165) is 59.8 Å². The van der Waals surface area contributed by atoms with Gasteiger partial charge in [0.2, 0.25) is 5.91 Å². The Labute approximate surface area is 183 Å². The number of nitrogens with two attached hydrogens (primary N) is 2. The lowest BCUT2D eigenvalue weighted by molar-refractivity contribution is -0.119. The normalized spacial score (nSPS) is 20.6. The monoisotopic (exact) mass is 432 g/mol. The quantitative estimate of drug-likeness (QED) is 0.510. The molecule has 1 saturated heterocycles. The lowest BCUT2D eigenvalue weighted by Gasteiger charge is -2.26. The van der Waals surface area contributed by atoms with Crippen molar-refractivity contribution in [1.82, 2.24) is 14.5 Å². The molecule has 4 N–H and O–H groups in total. The van der Waals surface area contributed by atoms with Gasteiger partial charge in [0.05, 0.1) is 12.1 Å². The molecule has 0 unspecified atom stereocenters. The van der Waals surface area contributed by atoms with Crippen molar-refractivity contribution in [3.63, 3.8) is 0 Å². The van der Waals surface area contributed by atoms with Crippen molar-refractivity contribution in [2.24, 2.45) is 11.7 Å². The summed E-state index contributed by atoms with van der Waals surface area (Å²) in [6.45, 7) is 4.26. The molecule has 1 fully saturated rings. The summed E-state index contributed by atoms with van der Waals surface area (Å²) in [5, 5.41) is 0. The van der Waals surface area contributed by atoms with E-state index in [-0.39, 0.29) is 23.9 Å². The van der Waals surface area contributed by atoms with E-state index in [4.69, 9.17) is 25.6 Å². The van der Waals surface area contributed by atoms with E-state index >= 15 is 0 Å². The third kappa shape index (κ3) is 2.80. The van der Waals surface area contributed by atoms with E-state index in [9.17, 15) is 4.79 Å². The summed E-state index contributed by atoms with van der Waals surface area (Å²) in [5.41, 5.74) is 16.4. The number of nitrogen functional groups attached to an aromatic ring is 1. The van der Waals surface area contributed by atoms with Gasteiger partial charge >= 0.3 is 0 Å². The molecule has 6 rings (SSSR count). The fourth-order valence-corrected chi connectivity index (χ4v) is 5.09. The number of carbonyl (C=O) groups excluding carboxylic acids is 1.